The average Bonchev–Trinajstić information content (AvgIpc) is 2.87. The molecule has 1 aromatic rings. The topological polar surface area (TPSA) is 71.2 Å². The van der Waals surface area contributed by atoms with E-state index in [4.69, 9.17) is 5.73 Å². The van der Waals surface area contributed by atoms with Crippen LogP contribution in [-0.2, 0) is 11.2 Å². The molecule has 1 aliphatic heterocycles. The molecule has 0 aromatic carbocycles. The third-order valence-corrected chi connectivity index (χ3v) is 3.59. The van der Waals surface area contributed by atoms with Crippen LogP contribution in [0.5, 0.6) is 0 Å². The quantitative estimate of drug-likeness (QED) is 0.818. The monoisotopic (exact) mass is 262 g/mol. The number of anilines is 1. The molecule has 1 atom stereocenters. The number of nitrogens with two attached hydrogens (primary N) is 1. The molecule has 0 spiro atoms. The van der Waals surface area contributed by atoms with Crippen LogP contribution in [0.2, 0.25) is 0 Å². The third kappa shape index (κ3) is 4.21. The van der Waals surface area contributed by atoms with Gasteiger partial charge in [-0.25, -0.2) is 0 Å². The Morgan fingerprint density at radius 1 is 1.58 bits per heavy atom. The fourth-order valence-electron chi connectivity index (χ4n) is 2.39. The molecular weight excluding hydrogens is 240 g/mol. The largest absolute Gasteiger partial charge is 0.397 e. The van der Waals surface area contributed by atoms with Gasteiger partial charge in [-0.15, -0.1) is 0 Å². The number of hydrogen-bond donors (Lipinski definition) is 2. The molecule has 1 saturated heterocycles. The van der Waals surface area contributed by atoms with Crippen LogP contribution in [0.15, 0.2) is 18.3 Å². The van der Waals surface area contributed by atoms with Gasteiger partial charge in [-0.1, -0.05) is 6.92 Å². The van der Waals surface area contributed by atoms with Crippen molar-refractivity contribution in [2.45, 2.75) is 19.8 Å². The Bertz CT molecular complexity index is 418. The number of carbonyl (C=O) groups is 1. The van der Waals surface area contributed by atoms with E-state index in [1.165, 1.54) is 6.42 Å². The van der Waals surface area contributed by atoms with Crippen molar-refractivity contribution in [3.8, 4) is 0 Å². The highest BCUT2D eigenvalue weighted by Crippen LogP contribution is 2.14. The van der Waals surface area contributed by atoms with Gasteiger partial charge in [-0.05, 0) is 37.6 Å². The lowest BCUT2D eigenvalue weighted by molar-refractivity contribution is -0.120. The van der Waals surface area contributed by atoms with Gasteiger partial charge in [0.05, 0.1) is 18.3 Å². The second-order valence-electron chi connectivity index (χ2n) is 5.11. The summed E-state index contributed by atoms with van der Waals surface area (Å²) in [5, 5.41) is 3.00. The van der Waals surface area contributed by atoms with E-state index in [9.17, 15) is 4.79 Å². The summed E-state index contributed by atoms with van der Waals surface area (Å²) in [7, 11) is 0. The number of nitrogens with zero attached hydrogens (tertiary/aromatic N) is 2. The minimum Gasteiger partial charge on any atom is -0.397 e. The molecule has 1 aliphatic rings. The number of nitrogens with one attached hydrogen (secondary N) is 1. The summed E-state index contributed by atoms with van der Waals surface area (Å²) in [4.78, 5) is 18.4. The lowest BCUT2D eigenvalue weighted by Crippen LogP contribution is -2.32. The van der Waals surface area contributed by atoms with E-state index in [1.54, 1.807) is 18.3 Å². The maximum Gasteiger partial charge on any atom is 0.226 e. The Kier molecular flexibility index (Phi) is 4.74. The number of amides is 1. The van der Waals surface area contributed by atoms with E-state index >= 15 is 0 Å². The Hall–Kier alpha value is -1.62. The minimum absolute atomic E-state index is 0.0345. The number of likely N-dealkylation sites (tertiary alicyclic amines) is 1. The number of pyridine rings is 1. The maximum atomic E-state index is 11.8. The molecule has 0 bridgehead atoms. The number of rotatable bonds is 5. The van der Waals surface area contributed by atoms with E-state index < -0.39 is 0 Å². The van der Waals surface area contributed by atoms with E-state index in [2.05, 4.69) is 22.1 Å². The third-order valence-electron chi connectivity index (χ3n) is 3.59. The second kappa shape index (κ2) is 6.52. The highest BCUT2D eigenvalue weighted by atomic mass is 16.1. The van der Waals surface area contributed by atoms with E-state index in [0.29, 0.717) is 18.0 Å². The van der Waals surface area contributed by atoms with Crippen LogP contribution in [0.3, 0.4) is 0 Å². The second-order valence-corrected chi connectivity index (χ2v) is 5.11. The lowest BCUT2D eigenvalue weighted by atomic mass is 10.1. The summed E-state index contributed by atoms with van der Waals surface area (Å²) in [6.45, 7) is 6.28. The molecule has 104 valence electrons. The smallest absolute Gasteiger partial charge is 0.226 e. The van der Waals surface area contributed by atoms with Crippen molar-refractivity contribution in [1.29, 1.82) is 0 Å². The number of hydrogen-bond acceptors (Lipinski definition) is 4. The highest BCUT2D eigenvalue weighted by molar-refractivity contribution is 5.78. The van der Waals surface area contributed by atoms with Crippen molar-refractivity contribution >= 4 is 11.6 Å². The molecule has 5 heteroatoms. The molecule has 19 heavy (non-hydrogen) atoms. The number of nitrogen functional groups attached to an aromatic ring is 1. The summed E-state index contributed by atoms with van der Waals surface area (Å²) in [6, 6.07) is 3.56. The first-order valence-corrected chi connectivity index (χ1v) is 6.87. The zero-order valence-electron chi connectivity index (χ0n) is 11.4. The van der Waals surface area contributed by atoms with Crippen LogP contribution in [-0.4, -0.2) is 42.0 Å². The van der Waals surface area contributed by atoms with Gasteiger partial charge >= 0.3 is 0 Å². The predicted molar refractivity (Wildman–Crippen MR) is 75.6 cm³/mol. The Labute approximate surface area is 114 Å². The zero-order chi connectivity index (χ0) is 13.7. The maximum absolute atomic E-state index is 11.8. The molecule has 5 nitrogen and oxygen atoms in total. The summed E-state index contributed by atoms with van der Waals surface area (Å²) in [5.41, 5.74) is 6.94. The standard InChI is InChI=1S/C14H22N4O/c1-2-18-6-5-11(10-18)8-17-14(19)7-13-4-3-12(15)9-16-13/h3-4,9,11H,2,5-8,10,15H2,1H3,(H,17,19). The SMILES string of the molecule is CCN1CCC(CNC(=O)Cc2ccc(N)cn2)C1. The number of aromatic nitrogens is 1. The Balaban J connectivity index is 1.71. The molecule has 3 N–H and O–H groups in total. The first kappa shape index (κ1) is 13.8. The van der Waals surface area contributed by atoms with E-state index in [-0.39, 0.29) is 5.91 Å². The van der Waals surface area contributed by atoms with Crippen LogP contribution in [0.25, 0.3) is 0 Å². The van der Waals surface area contributed by atoms with Gasteiger partial charge in [-0.3, -0.25) is 9.78 Å². The highest BCUT2D eigenvalue weighted by Gasteiger charge is 2.21. The van der Waals surface area contributed by atoms with Crippen LogP contribution in [0.4, 0.5) is 5.69 Å². The van der Waals surface area contributed by atoms with Gasteiger partial charge in [-0.2, -0.15) is 0 Å². The molecule has 0 saturated carbocycles. The van der Waals surface area contributed by atoms with Gasteiger partial charge in [0.2, 0.25) is 5.91 Å². The lowest BCUT2D eigenvalue weighted by Gasteiger charge is -2.13. The molecule has 1 aromatic heterocycles. The van der Waals surface area contributed by atoms with Gasteiger partial charge < -0.3 is 16.0 Å². The van der Waals surface area contributed by atoms with E-state index in [0.717, 1.165) is 31.9 Å². The minimum atomic E-state index is 0.0345. The van der Waals surface area contributed by atoms with Gasteiger partial charge in [0.1, 0.15) is 0 Å². The normalized spacial score (nSPS) is 19.5. The van der Waals surface area contributed by atoms with Crippen LogP contribution >= 0.6 is 0 Å². The fourth-order valence-corrected chi connectivity index (χ4v) is 2.39. The van der Waals surface area contributed by atoms with Gasteiger partial charge in [0.25, 0.3) is 0 Å². The first-order chi connectivity index (χ1) is 9.17. The van der Waals surface area contributed by atoms with Crippen molar-refractivity contribution in [2.24, 2.45) is 5.92 Å². The molecule has 0 radical (unpaired) electrons. The van der Waals surface area contributed by atoms with Crippen LogP contribution in [0, 0.1) is 5.92 Å². The van der Waals surface area contributed by atoms with Crippen molar-refractivity contribution < 1.29 is 4.79 Å². The molecule has 1 amide bonds. The fraction of sp³-hybridized carbons (Fsp3) is 0.571. The van der Waals surface area contributed by atoms with Gasteiger partial charge in [0.15, 0.2) is 0 Å². The van der Waals surface area contributed by atoms with Crippen LogP contribution < -0.4 is 11.1 Å². The molecule has 1 unspecified atom stereocenters. The van der Waals surface area contributed by atoms with Crippen molar-refractivity contribution in [3.63, 3.8) is 0 Å². The van der Waals surface area contributed by atoms with Crippen LogP contribution in [0.1, 0.15) is 19.0 Å². The molecule has 2 heterocycles. The first-order valence-electron chi connectivity index (χ1n) is 6.87. The summed E-state index contributed by atoms with van der Waals surface area (Å²) in [5.74, 6) is 0.621. The molecule has 1 fully saturated rings. The number of carbonyl (C=O) groups excluding carboxylic acids is 1. The Morgan fingerprint density at radius 3 is 3.05 bits per heavy atom. The van der Waals surface area contributed by atoms with Crippen molar-refractivity contribution in [3.05, 3.63) is 24.0 Å². The molecular formula is C14H22N4O. The molecule has 0 aliphatic carbocycles. The zero-order valence-corrected chi connectivity index (χ0v) is 11.4. The summed E-state index contributed by atoms with van der Waals surface area (Å²) >= 11 is 0. The van der Waals surface area contributed by atoms with Crippen molar-refractivity contribution in [2.75, 3.05) is 31.9 Å². The average molecular weight is 262 g/mol. The van der Waals surface area contributed by atoms with Gasteiger partial charge in [0, 0.05) is 18.8 Å². The summed E-state index contributed by atoms with van der Waals surface area (Å²) in [6.07, 6.45) is 3.08. The van der Waals surface area contributed by atoms with Crippen molar-refractivity contribution in [1.82, 2.24) is 15.2 Å². The van der Waals surface area contributed by atoms with E-state index in [1.807, 2.05) is 0 Å². The predicted octanol–water partition coefficient (Wildman–Crippen LogP) is 0.664. The Morgan fingerprint density at radius 2 is 2.42 bits per heavy atom. The molecule has 2 rings (SSSR count). The summed E-state index contributed by atoms with van der Waals surface area (Å²) < 4.78 is 0.